The number of fused-ring (bicyclic) bond motifs is 1. The Kier molecular flexibility index (Phi) is 4.71. The van der Waals surface area contributed by atoms with Gasteiger partial charge in [-0.3, -0.25) is 4.79 Å². The van der Waals surface area contributed by atoms with E-state index in [-0.39, 0.29) is 17.2 Å². The summed E-state index contributed by atoms with van der Waals surface area (Å²) in [5.41, 5.74) is 2.45. The molecule has 2 aliphatic rings. The van der Waals surface area contributed by atoms with Crippen LogP contribution in [0.1, 0.15) is 24.0 Å². The lowest BCUT2D eigenvalue weighted by molar-refractivity contribution is -0.131. The first kappa shape index (κ1) is 16.8. The molecular formula is C16H22N2O3S2. The van der Waals surface area contributed by atoms with Crippen LogP contribution in [0.3, 0.4) is 0 Å². The van der Waals surface area contributed by atoms with Gasteiger partial charge in [-0.1, -0.05) is 17.7 Å². The van der Waals surface area contributed by atoms with Gasteiger partial charge in [-0.15, -0.1) is 11.8 Å². The number of amides is 1. The quantitative estimate of drug-likeness (QED) is 0.894. The molecule has 0 saturated carbocycles. The van der Waals surface area contributed by atoms with Gasteiger partial charge in [-0.2, -0.15) is 0 Å². The van der Waals surface area contributed by atoms with Crippen molar-refractivity contribution in [3.8, 4) is 0 Å². The van der Waals surface area contributed by atoms with Crippen molar-refractivity contribution in [1.82, 2.24) is 9.62 Å². The van der Waals surface area contributed by atoms with Crippen LogP contribution >= 0.6 is 11.8 Å². The van der Waals surface area contributed by atoms with E-state index in [2.05, 4.69) is 29.8 Å². The first-order chi connectivity index (χ1) is 10.8. The first-order valence-corrected chi connectivity index (χ1v) is 10.6. The molecule has 2 heterocycles. The maximum Gasteiger partial charge on any atom is 0.236 e. The molecule has 5 nitrogen and oxygen atoms in total. The van der Waals surface area contributed by atoms with Gasteiger partial charge < -0.3 is 4.90 Å². The second-order valence-electron chi connectivity index (χ2n) is 6.44. The number of carbonyl (C=O) groups is 1. The van der Waals surface area contributed by atoms with Crippen LogP contribution in [0.25, 0.3) is 0 Å². The third-order valence-corrected chi connectivity index (χ3v) is 6.33. The number of piperidine rings is 1. The van der Waals surface area contributed by atoms with E-state index in [1.54, 1.807) is 11.8 Å². The fourth-order valence-corrected chi connectivity index (χ4v) is 5.43. The average Bonchev–Trinajstić information content (AvgIpc) is 2.88. The number of thioether (sulfide) groups is 1. The minimum absolute atomic E-state index is 0.0798. The van der Waals surface area contributed by atoms with Gasteiger partial charge in [0.1, 0.15) is 0 Å². The highest BCUT2D eigenvalue weighted by Crippen LogP contribution is 2.38. The summed E-state index contributed by atoms with van der Waals surface area (Å²) in [6, 6.07) is 6.16. The van der Waals surface area contributed by atoms with E-state index in [4.69, 9.17) is 0 Å². The minimum atomic E-state index is -3.23. The maximum atomic E-state index is 12.8. The monoisotopic (exact) mass is 354 g/mol. The zero-order chi connectivity index (χ0) is 16.6. The van der Waals surface area contributed by atoms with Gasteiger partial charge >= 0.3 is 0 Å². The molecular weight excluding hydrogens is 332 g/mol. The Bertz CT molecular complexity index is 718. The summed E-state index contributed by atoms with van der Waals surface area (Å²) in [7, 11) is -3.23. The molecule has 1 aromatic rings. The van der Waals surface area contributed by atoms with E-state index >= 15 is 0 Å². The Hall–Kier alpha value is -1.05. The summed E-state index contributed by atoms with van der Waals surface area (Å²) in [5, 5.41) is -0.0798. The SMILES string of the molecule is Cc1ccc2c(c1)S[C@@H](C(=O)N1CCC[C@H](NS(C)(=O)=O)C1)C2. The molecule has 7 heteroatoms. The van der Waals surface area contributed by atoms with Crippen LogP contribution in [-0.4, -0.2) is 49.9 Å². The normalized spacial score (nSPS) is 24.5. The van der Waals surface area contributed by atoms with Crippen molar-refractivity contribution < 1.29 is 13.2 Å². The Labute approximate surface area is 141 Å². The standard InChI is InChI=1S/C16H22N2O3S2/c1-11-5-6-12-9-15(22-14(12)8-11)16(19)18-7-3-4-13(10-18)17-23(2,20)21/h5-6,8,13,15,17H,3-4,7,9-10H2,1-2H3/t13-,15+/m0/s1. The second-order valence-corrected chi connectivity index (χ2v) is 9.46. The fourth-order valence-electron chi connectivity index (χ4n) is 3.25. The zero-order valence-electron chi connectivity index (χ0n) is 13.4. The second kappa shape index (κ2) is 6.45. The van der Waals surface area contributed by atoms with Crippen LogP contribution in [0.2, 0.25) is 0 Å². The molecule has 23 heavy (non-hydrogen) atoms. The van der Waals surface area contributed by atoms with Crippen molar-refractivity contribution in [2.75, 3.05) is 19.3 Å². The molecule has 2 atom stereocenters. The van der Waals surface area contributed by atoms with Gasteiger partial charge in [0.25, 0.3) is 0 Å². The number of nitrogens with one attached hydrogen (secondary N) is 1. The molecule has 1 saturated heterocycles. The van der Waals surface area contributed by atoms with Crippen molar-refractivity contribution in [3.05, 3.63) is 29.3 Å². The summed E-state index contributed by atoms with van der Waals surface area (Å²) in [6.45, 7) is 3.24. The predicted octanol–water partition coefficient (Wildman–Crippen LogP) is 1.55. The first-order valence-electron chi connectivity index (χ1n) is 7.84. The van der Waals surface area contributed by atoms with Crippen LogP contribution in [0.4, 0.5) is 0 Å². The van der Waals surface area contributed by atoms with E-state index in [1.165, 1.54) is 22.3 Å². The number of hydrogen-bond acceptors (Lipinski definition) is 4. The number of benzene rings is 1. The highest BCUT2D eigenvalue weighted by molar-refractivity contribution is 8.01. The smallest absolute Gasteiger partial charge is 0.236 e. The zero-order valence-corrected chi connectivity index (χ0v) is 15.0. The summed E-state index contributed by atoms with van der Waals surface area (Å²) in [5.74, 6) is 0.129. The molecule has 0 bridgehead atoms. The number of aryl methyl sites for hydroxylation is 1. The van der Waals surface area contributed by atoms with E-state index in [1.807, 2.05) is 4.90 Å². The van der Waals surface area contributed by atoms with Crippen LogP contribution in [0, 0.1) is 6.92 Å². The van der Waals surface area contributed by atoms with Gasteiger partial charge in [-0.05, 0) is 37.8 Å². The van der Waals surface area contributed by atoms with Gasteiger partial charge in [0.15, 0.2) is 0 Å². The Balaban J connectivity index is 1.65. The summed E-state index contributed by atoms with van der Waals surface area (Å²) in [4.78, 5) is 15.8. The Morgan fingerprint density at radius 2 is 2.17 bits per heavy atom. The molecule has 1 aromatic carbocycles. The number of likely N-dealkylation sites (tertiary alicyclic amines) is 1. The van der Waals surface area contributed by atoms with Crippen molar-refractivity contribution in [1.29, 1.82) is 0 Å². The molecule has 1 amide bonds. The summed E-state index contributed by atoms with van der Waals surface area (Å²) in [6.07, 6.45) is 3.55. The molecule has 1 fully saturated rings. The van der Waals surface area contributed by atoms with Crippen molar-refractivity contribution in [2.45, 2.75) is 42.4 Å². The number of nitrogens with zero attached hydrogens (tertiary/aromatic N) is 1. The third kappa shape index (κ3) is 4.08. The predicted molar refractivity (Wildman–Crippen MR) is 92.1 cm³/mol. The topological polar surface area (TPSA) is 66.5 Å². The van der Waals surface area contributed by atoms with Crippen molar-refractivity contribution in [3.63, 3.8) is 0 Å². The molecule has 2 aliphatic heterocycles. The van der Waals surface area contributed by atoms with Gasteiger partial charge in [-0.25, -0.2) is 13.1 Å². The molecule has 0 spiro atoms. The maximum absolute atomic E-state index is 12.8. The van der Waals surface area contributed by atoms with E-state index in [0.29, 0.717) is 13.1 Å². The molecule has 0 aromatic heterocycles. The number of rotatable bonds is 3. The van der Waals surface area contributed by atoms with Gasteiger partial charge in [0.05, 0.1) is 11.5 Å². The highest BCUT2D eigenvalue weighted by atomic mass is 32.2. The summed E-state index contributed by atoms with van der Waals surface area (Å²) >= 11 is 1.64. The lowest BCUT2D eigenvalue weighted by Gasteiger charge is -2.34. The van der Waals surface area contributed by atoms with Gasteiger partial charge in [0.2, 0.25) is 15.9 Å². The molecule has 3 rings (SSSR count). The van der Waals surface area contributed by atoms with Crippen LogP contribution in [-0.2, 0) is 21.2 Å². The number of sulfonamides is 1. The largest absolute Gasteiger partial charge is 0.340 e. The fraction of sp³-hybridized carbons (Fsp3) is 0.562. The Morgan fingerprint density at radius 1 is 1.39 bits per heavy atom. The molecule has 0 unspecified atom stereocenters. The molecule has 0 aliphatic carbocycles. The number of hydrogen-bond donors (Lipinski definition) is 1. The molecule has 1 N–H and O–H groups in total. The van der Waals surface area contributed by atoms with E-state index < -0.39 is 10.0 Å². The highest BCUT2D eigenvalue weighted by Gasteiger charge is 2.34. The van der Waals surface area contributed by atoms with Crippen LogP contribution in [0.5, 0.6) is 0 Å². The average molecular weight is 354 g/mol. The van der Waals surface area contributed by atoms with E-state index in [9.17, 15) is 13.2 Å². The lowest BCUT2D eigenvalue weighted by atomic mass is 10.0. The Morgan fingerprint density at radius 3 is 2.91 bits per heavy atom. The minimum Gasteiger partial charge on any atom is -0.340 e. The van der Waals surface area contributed by atoms with Crippen molar-refractivity contribution >= 4 is 27.7 Å². The van der Waals surface area contributed by atoms with Gasteiger partial charge in [0, 0.05) is 24.0 Å². The lowest BCUT2D eigenvalue weighted by Crippen LogP contribution is -2.51. The van der Waals surface area contributed by atoms with Crippen LogP contribution < -0.4 is 4.72 Å². The van der Waals surface area contributed by atoms with Crippen LogP contribution in [0.15, 0.2) is 23.1 Å². The number of carbonyl (C=O) groups excluding carboxylic acids is 1. The van der Waals surface area contributed by atoms with Crippen molar-refractivity contribution in [2.24, 2.45) is 0 Å². The summed E-state index contributed by atoms with van der Waals surface area (Å²) < 4.78 is 25.4. The molecule has 0 radical (unpaired) electrons. The molecule has 126 valence electrons. The third-order valence-electron chi connectivity index (χ3n) is 4.29. The van der Waals surface area contributed by atoms with E-state index in [0.717, 1.165) is 19.3 Å².